The Kier molecular flexibility index (Phi) is 4.70. The summed E-state index contributed by atoms with van der Waals surface area (Å²) in [5, 5.41) is 4.05. The summed E-state index contributed by atoms with van der Waals surface area (Å²) in [6, 6.07) is 1.26. The predicted octanol–water partition coefficient (Wildman–Crippen LogP) is 2.25. The summed E-state index contributed by atoms with van der Waals surface area (Å²) in [6.07, 6.45) is 10.7. The Balaban J connectivity index is 1.52. The SMILES string of the molecule is CCc1nc(CN(C)C2CCN(C3C=CCCC3)C2)no1. The van der Waals surface area contributed by atoms with E-state index in [0.717, 1.165) is 31.2 Å². The molecule has 2 unspecified atom stereocenters. The van der Waals surface area contributed by atoms with Crippen molar-refractivity contribution in [2.24, 2.45) is 0 Å². The number of aromatic nitrogens is 2. The topological polar surface area (TPSA) is 45.4 Å². The molecule has 5 heteroatoms. The van der Waals surface area contributed by atoms with Crippen molar-refractivity contribution in [1.82, 2.24) is 19.9 Å². The van der Waals surface area contributed by atoms with Gasteiger partial charge in [0, 0.05) is 31.6 Å². The Morgan fingerprint density at radius 3 is 3.05 bits per heavy atom. The number of rotatable bonds is 5. The van der Waals surface area contributed by atoms with Crippen LogP contribution >= 0.6 is 0 Å². The maximum Gasteiger partial charge on any atom is 0.226 e. The number of allylic oxidation sites excluding steroid dienone is 1. The second-order valence-corrected chi connectivity index (χ2v) is 6.24. The monoisotopic (exact) mass is 290 g/mol. The average Bonchev–Trinajstić information content (AvgIpc) is 3.17. The van der Waals surface area contributed by atoms with Gasteiger partial charge in [0.05, 0.1) is 6.54 Å². The van der Waals surface area contributed by atoms with E-state index in [4.69, 9.17) is 4.52 Å². The van der Waals surface area contributed by atoms with E-state index in [0.29, 0.717) is 12.1 Å². The number of nitrogens with zero attached hydrogens (tertiary/aromatic N) is 4. The molecule has 1 saturated heterocycles. The fourth-order valence-corrected chi connectivity index (χ4v) is 3.38. The molecule has 0 aromatic carbocycles. The van der Waals surface area contributed by atoms with Gasteiger partial charge in [-0.2, -0.15) is 4.98 Å². The first-order valence-corrected chi connectivity index (χ1v) is 8.18. The van der Waals surface area contributed by atoms with Crippen molar-refractivity contribution >= 4 is 0 Å². The molecular weight excluding hydrogens is 264 g/mol. The molecule has 1 fully saturated rings. The molecule has 1 aliphatic carbocycles. The van der Waals surface area contributed by atoms with Crippen LogP contribution in [0.25, 0.3) is 0 Å². The highest BCUT2D eigenvalue weighted by Crippen LogP contribution is 2.23. The molecule has 0 amide bonds. The minimum absolute atomic E-state index is 0.601. The average molecular weight is 290 g/mol. The van der Waals surface area contributed by atoms with Gasteiger partial charge in [-0.25, -0.2) is 0 Å². The van der Waals surface area contributed by atoms with Crippen LogP contribution in [-0.2, 0) is 13.0 Å². The van der Waals surface area contributed by atoms with Crippen LogP contribution in [0.5, 0.6) is 0 Å². The Bertz CT molecular complexity index is 484. The van der Waals surface area contributed by atoms with Crippen molar-refractivity contribution in [2.75, 3.05) is 20.1 Å². The number of likely N-dealkylation sites (tertiary alicyclic amines) is 1. The van der Waals surface area contributed by atoms with Gasteiger partial charge in [-0.15, -0.1) is 0 Å². The largest absolute Gasteiger partial charge is 0.339 e. The first-order valence-electron chi connectivity index (χ1n) is 8.18. The summed E-state index contributed by atoms with van der Waals surface area (Å²) in [4.78, 5) is 9.41. The van der Waals surface area contributed by atoms with Gasteiger partial charge in [0.1, 0.15) is 0 Å². The summed E-state index contributed by atoms with van der Waals surface area (Å²) in [7, 11) is 2.17. The van der Waals surface area contributed by atoms with Crippen LogP contribution in [0.2, 0.25) is 0 Å². The first-order chi connectivity index (χ1) is 10.3. The molecule has 0 bridgehead atoms. The van der Waals surface area contributed by atoms with E-state index in [9.17, 15) is 0 Å². The van der Waals surface area contributed by atoms with E-state index >= 15 is 0 Å². The van der Waals surface area contributed by atoms with Crippen LogP contribution in [0.3, 0.4) is 0 Å². The first kappa shape index (κ1) is 14.7. The lowest BCUT2D eigenvalue weighted by Crippen LogP contribution is -2.38. The molecule has 0 N–H and O–H groups in total. The van der Waals surface area contributed by atoms with Crippen LogP contribution in [0.1, 0.15) is 44.3 Å². The van der Waals surface area contributed by atoms with Gasteiger partial charge in [0.2, 0.25) is 5.89 Å². The molecule has 0 spiro atoms. The minimum Gasteiger partial charge on any atom is -0.339 e. The third-order valence-corrected chi connectivity index (χ3v) is 4.72. The summed E-state index contributed by atoms with van der Waals surface area (Å²) in [6.45, 7) is 5.18. The standard InChI is InChI=1S/C16H26N4O/c1-3-16-17-15(18-21-16)12-19(2)14-9-10-20(11-14)13-7-5-4-6-8-13/h5,7,13-14H,3-4,6,8-12H2,1-2H3. The fourth-order valence-electron chi connectivity index (χ4n) is 3.38. The van der Waals surface area contributed by atoms with Crippen LogP contribution in [0.4, 0.5) is 0 Å². The number of hydrogen-bond donors (Lipinski definition) is 0. The molecule has 5 nitrogen and oxygen atoms in total. The zero-order chi connectivity index (χ0) is 14.7. The molecule has 1 aromatic heterocycles. The third kappa shape index (κ3) is 3.52. The Hall–Kier alpha value is -1.20. The Labute approximate surface area is 127 Å². The fraction of sp³-hybridized carbons (Fsp3) is 0.750. The van der Waals surface area contributed by atoms with Crippen molar-refractivity contribution < 1.29 is 4.52 Å². The molecule has 21 heavy (non-hydrogen) atoms. The van der Waals surface area contributed by atoms with Crippen LogP contribution in [0, 0.1) is 0 Å². The Morgan fingerprint density at radius 1 is 1.43 bits per heavy atom. The molecule has 116 valence electrons. The molecule has 2 aliphatic rings. The summed E-state index contributed by atoms with van der Waals surface area (Å²) in [5.41, 5.74) is 0. The zero-order valence-electron chi connectivity index (χ0n) is 13.2. The van der Waals surface area contributed by atoms with Crippen molar-refractivity contribution in [1.29, 1.82) is 0 Å². The van der Waals surface area contributed by atoms with Crippen LogP contribution in [0.15, 0.2) is 16.7 Å². The lowest BCUT2D eigenvalue weighted by molar-refractivity contribution is 0.200. The second-order valence-electron chi connectivity index (χ2n) is 6.24. The second kappa shape index (κ2) is 6.71. The maximum atomic E-state index is 5.19. The number of aryl methyl sites for hydroxylation is 1. The predicted molar refractivity (Wildman–Crippen MR) is 81.9 cm³/mol. The van der Waals surface area contributed by atoms with Gasteiger partial charge in [-0.3, -0.25) is 9.80 Å². The van der Waals surface area contributed by atoms with E-state index < -0.39 is 0 Å². The van der Waals surface area contributed by atoms with E-state index in [1.54, 1.807) is 0 Å². The maximum absolute atomic E-state index is 5.19. The Morgan fingerprint density at radius 2 is 2.33 bits per heavy atom. The van der Waals surface area contributed by atoms with Crippen molar-refractivity contribution in [2.45, 2.75) is 57.7 Å². The summed E-state index contributed by atoms with van der Waals surface area (Å²) < 4.78 is 5.19. The summed E-state index contributed by atoms with van der Waals surface area (Å²) in [5.74, 6) is 1.55. The lowest BCUT2D eigenvalue weighted by Gasteiger charge is -2.29. The summed E-state index contributed by atoms with van der Waals surface area (Å²) >= 11 is 0. The molecule has 2 atom stereocenters. The highest BCUT2D eigenvalue weighted by Gasteiger charge is 2.30. The normalized spacial score (nSPS) is 26.8. The molecule has 1 aliphatic heterocycles. The molecule has 0 radical (unpaired) electrons. The van der Waals surface area contributed by atoms with Gasteiger partial charge < -0.3 is 4.52 Å². The van der Waals surface area contributed by atoms with Crippen LogP contribution < -0.4 is 0 Å². The van der Waals surface area contributed by atoms with Gasteiger partial charge in [-0.1, -0.05) is 24.2 Å². The quantitative estimate of drug-likeness (QED) is 0.778. The van der Waals surface area contributed by atoms with E-state index in [2.05, 4.69) is 39.1 Å². The smallest absolute Gasteiger partial charge is 0.226 e. The van der Waals surface area contributed by atoms with Gasteiger partial charge in [0.15, 0.2) is 5.82 Å². The van der Waals surface area contributed by atoms with Crippen molar-refractivity contribution in [3.8, 4) is 0 Å². The van der Waals surface area contributed by atoms with Crippen LogP contribution in [-0.4, -0.2) is 52.2 Å². The number of hydrogen-bond acceptors (Lipinski definition) is 5. The third-order valence-electron chi connectivity index (χ3n) is 4.72. The van der Waals surface area contributed by atoms with Gasteiger partial charge in [-0.05, 0) is 32.7 Å². The van der Waals surface area contributed by atoms with Gasteiger partial charge in [0.25, 0.3) is 0 Å². The van der Waals surface area contributed by atoms with E-state index in [-0.39, 0.29) is 0 Å². The molecule has 3 rings (SSSR count). The molecule has 2 heterocycles. The van der Waals surface area contributed by atoms with E-state index in [1.165, 1.54) is 32.2 Å². The number of likely N-dealkylation sites (N-methyl/N-ethyl adjacent to an activating group) is 1. The zero-order valence-corrected chi connectivity index (χ0v) is 13.2. The van der Waals surface area contributed by atoms with E-state index in [1.807, 2.05) is 6.92 Å². The van der Waals surface area contributed by atoms with Gasteiger partial charge >= 0.3 is 0 Å². The highest BCUT2D eigenvalue weighted by molar-refractivity contribution is 5.01. The molecule has 0 saturated carbocycles. The minimum atomic E-state index is 0.601. The molecule has 1 aromatic rings. The van der Waals surface area contributed by atoms with Crippen molar-refractivity contribution in [3.63, 3.8) is 0 Å². The molecular formula is C16H26N4O. The lowest BCUT2D eigenvalue weighted by atomic mass is 10.0. The highest BCUT2D eigenvalue weighted by atomic mass is 16.5. The van der Waals surface area contributed by atoms with Crippen molar-refractivity contribution in [3.05, 3.63) is 23.9 Å².